The van der Waals surface area contributed by atoms with Gasteiger partial charge in [-0.2, -0.15) is 0 Å². The molecule has 1 fully saturated rings. The summed E-state index contributed by atoms with van der Waals surface area (Å²) in [4.78, 5) is 13.9. The molecule has 2 rings (SSSR count). The van der Waals surface area contributed by atoms with Gasteiger partial charge in [0, 0.05) is 13.1 Å². The van der Waals surface area contributed by atoms with Crippen molar-refractivity contribution in [2.75, 3.05) is 13.1 Å². The summed E-state index contributed by atoms with van der Waals surface area (Å²) in [5, 5.41) is 9.61. The van der Waals surface area contributed by atoms with Gasteiger partial charge in [-0.05, 0) is 49.9 Å². The quantitative estimate of drug-likeness (QED) is 0.901. The molecule has 1 atom stereocenters. The molecule has 3 nitrogen and oxygen atoms in total. The van der Waals surface area contributed by atoms with Crippen LogP contribution in [0.2, 0.25) is 0 Å². The van der Waals surface area contributed by atoms with E-state index in [1.54, 1.807) is 13.0 Å². The monoisotopic (exact) mass is 293 g/mol. The highest BCUT2D eigenvalue weighted by atomic mass is 19.1. The second-order valence-corrected chi connectivity index (χ2v) is 6.23. The minimum absolute atomic E-state index is 0.191. The first kappa shape index (κ1) is 16.0. The van der Waals surface area contributed by atoms with E-state index >= 15 is 0 Å². The van der Waals surface area contributed by atoms with Gasteiger partial charge in [-0.3, -0.25) is 9.69 Å². The summed E-state index contributed by atoms with van der Waals surface area (Å²) in [6.07, 6.45) is 3.28. The molecule has 0 aromatic heterocycles. The molecule has 1 heterocycles. The predicted molar refractivity (Wildman–Crippen MR) is 80.6 cm³/mol. The van der Waals surface area contributed by atoms with E-state index in [1.165, 1.54) is 6.07 Å². The van der Waals surface area contributed by atoms with Gasteiger partial charge in [-0.1, -0.05) is 25.5 Å². The van der Waals surface area contributed by atoms with Crippen LogP contribution >= 0.6 is 0 Å². The maximum Gasteiger partial charge on any atom is 0.310 e. The molecule has 116 valence electrons. The number of rotatable bonds is 5. The number of piperidine rings is 1. The third-order valence-corrected chi connectivity index (χ3v) is 4.47. The molecule has 0 amide bonds. The summed E-state index contributed by atoms with van der Waals surface area (Å²) < 4.78 is 13.3. The molecule has 21 heavy (non-hydrogen) atoms. The zero-order chi connectivity index (χ0) is 15.5. The number of carboxylic acids is 1. The van der Waals surface area contributed by atoms with Crippen LogP contribution in [0.1, 0.15) is 43.7 Å². The molecular formula is C17H24FNO2. The Morgan fingerprint density at radius 2 is 2.24 bits per heavy atom. The number of benzene rings is 1. The lowest BCUT2D eigenvalue weighted by Gasteiger charge is -2.40. The van der Waals surface area contributed by atoms with Gasteiger partial charge in [0.1, 0.15) is 5.82 Å². The zero-order valence-corrected chi connectivity index (χ0v) is 12.9. The first-order valence-electron chi connectivity index (χ1n) is 7.67. The van der Waals surface area contributed by atoms with Crippen LogP contribution in [0.3, 0.4) is 0 Å². The normalized spacial score (nSPS) is 23.2. The summed E-state index contributed by atoms with van der Waals surface area (Å²) >= 11 is 0. The standard InChI is InChI=1S/C17H24FNO2/c1-3-7-17(16(20)21)8-4-9-19(12-17)11-14-5-6-15(18)13(2)10-14/h5-6,10H,3-4,7-9,11-12H2,1-2H3,(H,20,21). The first-order valence-corrected chi connectivity index (χ1v) is 7.67. The maximum absolute atomic E-state index is 13.3. The second-order valence-electron chi connectivity index (χ2n) is 6.23. The SMILES string of the molecule is CCCC1(C(=O)O)CCCN(Cc2ccc(F)c(C)c2)C1. The van der Waals surface area contributed by atoms with Crippen molar-refractivity contribution in [3.8, 4) is 0 Å². The maximum atomic E-state index is 13.3. The van der Waals surface area contributed by atoms with Crippen molar-refractivity contribution in [2.24, 2.45) is 5.41 Å². The largest absolute Gasteiger partial charge is 0.481 e. The summed E-state index contributed by atoms with van der Waals surface area (Å²) in [6.45, 7) is 5.99. The van der Waals surface area contributed by atoms with E-state index in [0.29, 0.717) is 18.7 Å². The number of carbonyl (C=O) groups is 1. The minimum Gasteiger partial charge on any atom is -0.481 e. The summed E-state index contributed by atoms with van der Waals surface area (Å²) in [5.41, 5.74) is 1.08. The van der Waals surface area contributed by atoms with Crippen molar-refractivity contribution in [3.05, 3.63) is 35.1 Å². The van der Waals surface area contributed by atoms with E-state index in [-0.39, 0.29) is 5.82 Å². The van der Waals surface area contributed by atoms with E-state index in [0.717, 1.165) is 37.8 Å². The van der Waals surface area contributed by atoms with Crippen LogP contribution in [-0.2, 0) is 11.3 Å². The molecule has 1 aromatic carbocycles. The first-order chi connectivity index (χ1) is 9.97. The smallest absolute Gasteiger partial charge is 0.310 e. The van der Waals surface area contributed by atoms with Gasteiger partial charge < -0.3 is 5.11 Å². The molecule has 1 saturated heterocycles. The van der Waals surface area contributed by atoms with E-state index < -0.39 is 11.4 Å². The summed E-state index contributed by atoms with van der Waals surface area (Å²) in [5.74, 6) is -0.868. The zero-order valence-electron chi connectivity index (χ0n) is 12.9. The summed E-state index contributed by atoms with van der Waals surface area (Å²) in [6, 6.07) is 5.14. The van der Waals surface area contributed by atoms with Gasteiger partial charge in [0.25, 0.3) is 0 Å². The Morgan fingerprint density at radius 3 is 2.86 bits per heavy atom. The number of hydrogen-bond acceptors (Lipinski definition) is 2. The highest BCUT2D eigenvalue weighted by molar-refractivity contribution is 5.75. The molecule has 0 spiro atoms. The number of likely N-dealkylation sites (tertiary alicyclic amines) is 1. The lowest BCUT2D eigenvalue weighted by molar-refractivity contribution is -0.153. The van der Waals surface area contributed by atoms with Crippen LogP contribution in [0.4, 0.5) is 4.39 Å². The van der Waals surface area contributed by atoms with Crippen molar-refractivity contribution in [1.29, 1.82) is 0 Å². The molecule has 1 aromatic rings. The van der Waals surface area contributed by atoms with Crippen LogP contribution in [0, 0.1) is 18.2 Å². The van der Waals surface area contributed by atoms with Crippen LogP contribution in [0.5, 0.6) is 0 Å². The number of aliphatic carboxylic acids is 1. The van der Waals surface area contributed by atoms with Gasteiger partial charge in [0.05, 0.1) is 5.41 Å². The molecule has 4 heteroatoms. The van der Waals surface area contributed by atoms with Gasteiger partial charge in [0.2, 0.25) is 0 Å². The molecule has 1 unspecified atom stereocenters. The topological polar surface area (TPSA) is 40.5 Å². The van der Waals surface area contributed by atoms with Gasteiger partial charge in [-0.15, -0.1) is 0 Å². The van der Waals surface area contributed by atoms with E-state index in [2.05, 4.69) is 4.90 Å². The van der Waals surface area contributed by atoms with Crippen molar-refractivity contribution < 1.29 is 14.3 Å². The van der Waals surface area contributed by atoms with Crippen LogP contribution in [0.15, 0.2) is 18.2 Å². The average Bonchev–Trinajstić information content (AvgIpc) is 2.43. The highest BCUT2D eigenvalue weighted by Gasteiger charge is 2.41. The third-order valence-electron chi connectivity index (χ3n) is 4.47. The highest BCUT2D eigenvalue weighted by Crippen LogP contribution is 2.35. The van der Waals surface area contributed by atoms with E-state index in [1.807, 2.05) is 13.0 Å². The molecular weight excluding hydrogens is 269 g/mol. The Morgan fingerprint density at radius 1 is 1.48 bits per heavy atom. The number of hydrogen-bond donors (Lipinski definition) is 1. The summed E-state index contributed by atoms with van der Waals surface area (Å²) in [7, 11) is 0. The van der Waals surface area contributed by atoms with Crippen LogP contribution in [-0.4, -0.2) is 29.1 Å². The molecule has 1 N–H and O–H groups in total. The number of halogens is 1. The van der Waals surface area contributed by atoms with Crippen LogP contribution in [0.25, 0.3) is 0 Å². The fourth-order valence-corrected chi connectivity index (χ4v) is 3.39. The Labute approximate surface area is 125 Å². The lowest BCUT2D eigenvalue weighted by Crippen LogP contribution is -2.47. The Kier molecular flexibility index (Phi) is 4.99. The molecule has 1 aliphatic rings. The third kappa shape index (κ3) is 3.62. The molecule has 1 aliphatic heterocycles. The van der Waals surface area contributed by atoms with Crippen molar-refractivity contribution in [1.82, 2.24) is 4.90 Å². The van der Waals surface area contributed by atoms with Crippen LogP contribution < -0.4 is 0 Å². The van der Waals surface area contributed by atoms with Crippen molar-refractivity contribution in [2.45, 2.75) is 46.1 Å². The fraction of sp³-hybridized carbons (Fsp3) is 0.588. The fourth-order valence-electron chi connectivity index (χ4n) is 3.39. The molecule has 0 bridgehead atoms. The lowest BCUT2D eigenvalue weighted by atomic mass is 9.76. The van der Waals surface area contributed by atoms with Crippen molar-refractivity contribution in [3.63, 3.8) is 0 Å². The Balaban J connectivity index is 2.09. The Bertz CT molecular complexity index is 514. The van der Waals surface area contributed by atoms with Gasteiger partial charge in [-0.25, -0.2) is 4.39 Å². The van der Waals surface area contributed by atoms with Gasteiger partial charge >= 0.3 is 5.97 Å². The molecule has 0 aliphatic carbocycles. The van der Waals surface area contributed by atoms with E-state index in [4.69, 9.17) is 0 Å². The number of carboxylic acid groups (broad SMARTS) is 1. The number of aryl methyl sites for hydroxylation is 1. The van der Waals surface area contributed by atoms with Gasteiger partial charge in [0.15, 0.2) is 0 Å². The number of nitrogens with zero attached hydrogens (tertiary/aromatic N) is 1. The second kappa shape index (κ2) is 6.56. The average molecular weight is 293 g/mol. The molecule has 0 radical (unpaired) electrons. The predicted octanol–water partition coefficient (Wildman–Crippen LogP) is 3.60. The van der Waals surface area contributed by atoms with Crippen molar-refractivity contribution >= 4 is 5.97 Å². The van der Waals surface area contributed by atoms with E-state index in [9.17, 15) is 14.3 Å². The minimum atomic E-state index is -0.677. The Hall–Kier alpha value is -1.42. The molecule has 0 saturated carbocycles.